The Hall–Kier alpha value is -3.07. The SMILES string of the molecule is CCOc1cc(C(=O)Nc2sccc2C(=O)NN=C(C)C)cc(OCC)c1OCC. The maximum atomic E-state index is 12.9. The fraction of sp³-hybridized carbons (Fsp3) is 0.381. The molecule has 30 heavy (non-hydrogen) atoms. The molecule has 0 saturated carbocycles. The molecule has 2 amide bonds. The number of carbonyl (C=O) groups excluding carboxylic acids is 2. The summed E-state index contributed by atoms with van der Waals surface area (Å²) in [6, 6.07) is 4.83. The van der Waals surface area contributed by atoms with Crippen molar-refractivity contribution in [2.24, 2.45) is 5.10 Å². The molecule has 0 aliphatic rings. The minimum Gasteiger partial charge on any atom is -0.490 e. The van der Waals surface area contributed by atoms with E-state index in [4.69, 9.17) is 14.2 Å². The van der Waals surface area contributed by atoms with Gasteiger partial charge in [-0.1, -0.05) is 0 Å². The molecule has 2 aromatic rings. The van der Waals surface area contributed by atoms with E-state index in [1.807, 2.05) is 20.8 Å². The van der Waals surface area contributed by atoms with Gasteiger partial charge in [0.1, 0.15) is 5.00 Å². The zero-order chi connectivity index (χ0) is 22.1. The van der Waals surface area contributed by atoms with Gasteiger partial charge in [0.2, 0.25) is 5.75 Å². The molecule has 1 aromatic heterocycles. The molecule has 0 unspecified atom stereocenters. The second-order valence-electron chi connectivity index (χ2n) is 6.22. The summed E-state index contributed by atoms with van der Waals surface area (Å²) in [5.41, 5.74) is 3.83. The molecule has 2 rings (SSSR count). The fourth-order valence-electron chi connectivity index (χ4n) is 2.50. The molecule has 9 heteroatoms. The predicted octanol–water partition coefficient (Wildman–Crippen LogP) is 4.32. The standard InChI is InChI=1S/C21H27N3O5S/c1-6-27-16-11-14(12-17(28-7-2)18(16)29-8-3)19(25)22-21-15(9-10-30-21)20(26)24-23-13(4)5/h9-12H,6-8H2,1-5H3,(H,22,25)(H,24,26). The van der Waals surface area contributed by atoms with Crippen molar-refractivity contribution in [3.05, 3.63) is 34.7 Å². The summed E-state index contributed by atoms with van der Waals surface area (Å²) < 4.78 is 17.0. The third kappa shape index (κ3) is 5.96. The van der Waals surface area contributed by atoms with Crippen LogP contribution in [0, 0.1) is 0 Å². The van der Waals surface area contributed by atoms with Crippen molar-refractivity contribution >= 4 is 33.9 Å². The summed E-state index contributed by atoms with van der Waals surface area (Å²) in [6.45, 7) is 10.3. The first-order chi connectivity index (χ1) is 14.4. The Balaban J connectivity index is 2.32. The predicted molar refractivity (Wildman–Crippen MR) is 118 cm³/mol. The number of nitrogens with zero attached hydrogens (tertiary/aromatic N) is 1. The number of benzene rings is 1. The lowest BCUT2D eigenvalue weighted by Gasteiger charge is -2.17. The Morgan fingerprint density at radius 2 is 1.57 bits per heavy atom. The van der Waals surface area contributed by atoms with Crippen LogP contribution in [-0.2, 0) is 0 Å². The second-order valence-corrected chi connectivity index (χ2v) is 7.13. The highest BCUT2D eigenvalue weighted by Gasteiger charge is 2.20. The van der Waals surface area contributed by atoms with E-state index >= 15 is 0 Å². The summed E-state index contributed by atoms with van der Waals surface area (Å²) in [6.07, 6.45) is 0. The summed E-state index contributed by atoms with van der Waals surface area (Å²) in [5.74, 6) is 0.512. The monoisotopic (exact) mass is 433 g/mol. The summed E-state index contributed by atoms with van der Waals surface area (Å²) in [4.78, 5) is 25.2. The Morgan fingerprint density at radius 1 is 0.967 bits per heavy atom. The normalized spacial score (nSPS) is 10.2. The Labute approximate surface area is 180 Å². The second kappa shape index (κ2) is 11.2. The average molecular weight is 434 g/mol. The third-order valence-corrected chi connectivity index (χ3v) is 4.52. The highest BCUT2D eigenvalue weighted by atomic mass is 32.1. The van der Waals surface area contributed by atoms with Crippen LogP contribution in [0.1, 0.15) is 55.3 Å². The number of thiophene rings is 1. The molecule has 0 saturated heterocycles. The first kappa shape index (κ1) is 23.2. The van der Waals surface area contributed by atoms with Gasteiger partial charge in [0.25, 0.3) is 11.8 Å². The zero-order valence-electron chi connectivity index (χ0n) is 17.8. The van der Waals surface area contributed by atoms with Gasteiger partial charge in [0.15, 0.2) is 11.5 Å². The summed E-state index contributed by atoms with van der Waals surface area (Å²) in [5, 5.41) is 8.84. The van der Waals surface area contributed by atoms with Crippen LogP contribution in [0.5, 0.6) is 17.2 Å². The highest BCUT2D eigenvalue weighted by molar-refractivity contribution is 7.14. The minimum absolute atomic E-state index is 0.326. The Bertz CT molecular complexity index is 892. The van der Waals surface area contributed by atoms with E-state index in [0.29, 0.717) is 58.9 Å². The molecule has 1 heterocycles. The first-order valence-corrected chi connectivity index (χ1v) is 10.6. The summed E-state index contributed by atoms with van der Waals surface area (Å²) in [7, 11) is 0. The topological polar surface area (TPSA) is 98.2 Å². The van der Waals surface area contributed by atoms with E-state index in [2.05, 4.69) is 15.8 Å². The summed E-state index contributed by atoms with van der Waals surface area (Å²) >= 11 is 1.25. The molecule has 8 nitrogen and oxygen atoms in total. The zero-order valence-corrected chi connectivity index (χ0v) is 18.6. The highest BCUT2D eigenvalue weighted by Crippen LogP contribution is 2.39. The molecule has 0 spiro atoms. The van der Waals surface area contributed by atoms with Crippen LogP contribution in [0.4, 0.5) is 5.00 Å². The number of rotatable bonds is 10. The Kier molecular flexibility index (Phi) is 8.67. The fourth-order valence-corrected chi connectivity index (χ4v) is 3.28. The number of hydrazone groups is 1. The molecule has 0 aliphatic carbocycles. The van der Waals surface area contributed by atoms with Gasteiger partial charge in [-0.3, -0.25) is 9.59 Å². The van der Waals surface area contributed by atoms with Gasteiger partial charge in [-0.05, 0) is 58.2 Å². The van der Waals surface area contributed by atoms with Crippen molar-refractivity contribution in [3.63, 3.8) is 0 Å². The molecular weight excluding hydrogens is 406 g/mol. The number of hydrogen-bond donors (Lipinski definition) is 2. The molecule has 0 aliphatic heterocycles. The number of anilines is 1. The third-order valence-electron chi connectivity index (χ3n) is 3.69. The van der Waals surface area contributed by atoms with Crippen molar-refractivity contribution in [1.82, 2.24) is 5.43 Å². The van der Waals surface area contributed by atoms with Gasteiger partial charge in [-0.25, -0.2) is 5.43 Å². The van der Waals surface area contributed by atoms with Gasteiger partial charge < -0.3 is 19.5 Å². The van der Waals surface area contributed by atoms with Gasteiger partial charge >= 0.3 is 0 Å². The van der Waals surface area contributed by atoms with Crippen LogP contribution in [0.15, 0.2) is 28.7 Å². The van der Waals surface area contributed by atoms with Crippen LogP contribution in [0.2, 0.25) is 0 Å². The van der Waals surface area contributed by atoms with Crippen LogP contribution < -0.4 is 25.0 Å². The molecule has 1 aromatic carbocycles. The maximum absolute atomic E-state index is 12.9. The van der Waals surface area contributed by atoms with Crippen LogP contribution in [-0.4, -0.2) is 37.3 Å². The maximum Gasteiger partial charge on any atom is 0.274 e. The first-order valence-electron chi connectivity index (χ1n) is 9.67. The van der Waals surface area contributed by atoms with Gasteiger partial charge in [0.05, 0.1) is 25.4 Å². The van der Waals surface area contributed by atoms with Crippen molar-refractivity contribution in [3.8, 4) is 17.2 Å². The number of amides is 2. The molecule has 0 atom stereocenters. The van der Waals surface area contributed by atoms with Crippen LogP contribution in [0.3, 0.4) is 0 Å². The number of ether oxygens (including phenoxy) is 3. The Morgan fingerprint density at radius 3 is 2.10 bits per heavy atom. The largest absolute Gasteiger partial charge is 0.490 e. The smallest absolute Gasteiger partial charge is 0.274 e. The van der Waals surface area contributed by atoms with E-state index in [1.165, 1.54) is 11.3 Å². The van der Waals surface area contributed by atoms with E-state index < -0.39 is 11.8 Å². The van der Waals surface area contributed by atoms with Gasteiger partial charge in [0, 0.05) is 11.3 Å². The van der Waals surface area contributed by atoms with Crippen molar-refractivity contribution < 1.29 is 23.8 Å². The van der Waals surface area contributed by atoms with Crippen LogP contribution in [0.25, 0.3) is 0 Å². The molecule has 2 N–H and O–H groups in total. The van der Waals surface area contributed by atoms with Crippen molar-refractivity contribution in [1.29, 1.82) is 0 Å². The molecular formula is C21H27N3O5S. The average Bonchev–Trinajstić information content (AvgIpc) is 3.16. The number of hydrogen-bond acceptors (Lipinski definition) is 7. The quantitative estimate of drug-likeness (QED) is 0.429. The lowest BCUT2D eigenvalue weighted by Crippen LogP contribution is -2.20. The minimum atomic E-state index is -0.399. The molecule has 0 bridgehead atoms. The van der Waals surface area contributed by atoms with Crippen molar-refractivity contribution in [2.45, 2.75) is 34.6 Å². The van der Waals surface area contributed by atoms with Gasteiger partial charge in [-0.15, -0.1) is 11.3 Å². The molecule has 0 radical (unpaired) electrons. The number of carbonyl (C=O) groups is 2. The lowest BCUT2D eigenvalue weighted by molar-refractivity contribution is 0.0956. The van der Waals surface area contributed by atoms with E-state index in [-0.39, 0.29) is 0 Å². The molecule has 162 valence electrons. The lowest BCUT2D eigenvalue weighted by atomic mass is 10.1. The molecule has 0 fully saturated rings. The van der Waals surface area contributed by atoms with Gasteiger partial charge in [-0.2, -0.15) is 5.10 Å². The van der Waals surface area contributed by atoms with Crippen LogP contribution >= 0.6 is 11.3 Å². The van der Waals surface area contributed by atoms with E-state index in [0.717, 1.165) is 0 Å². The van der Waals surface area contributed by atoms with E-state index in [9.17, 15) is 9.59 Å². The van der Waals surface area contributed by atoms with Crippen molar-refractivity contribution in [2.75, 3.05) is 25.1 Å². The van der Waals surface area contributed by atoms with E-state index in [1.54, 1.807) is 37.4 Å². The number of nitrogens with one attached hydrogen (secondary N) is 2.